The molecule has 1 N–H and O–H groups in total. The normalized spacial score (nSPS) is 35.2. The molecule has 1 aliphatic carbocycles. The van der Waals surface area contributed by atoms with Gasteiger partial charge in [-0.3, -0.25) is 4.90 Å². The SMILES string of the molecule is CCCC1CC(NCCC(C)C)CN(C2CCC2C)C1. The van der Waals surface area contributed by atoms with Crippen LogP contribution in [0.2, 0.25) is 0 Å². The lowest BCUT2D eigenvalue weighted by Crippen LogP contribution is -2.56. The first-order valence-electron chi connectivity index (χ1n) is 9.07. The van der Waals surface area contributed by atoms with E-state index < -0.39 is 0 Å². The van der Waals surface area contributed by atoms with Crippen LogP contribution in [0.1, 0.15) is 66.2 Å². The molecule has 4 atom stereocenters. The fourth-order valence-corrected chi connectivity index (χ4v) is 4.04. The van der Waals surface area contributed by atoms with Crippen LogP contribution >= 0.6 is 0 Å². The van der Waals surface area contributed by atoms with Crippen molar-refractivity contribution >= 4 is 0 Å². The molecule has 4 unspecified atom stereocenters. The molecule has 2 aliphatic rings. The van der Waals surface area contributed by atoms with Crippen molar-refractivity contribution in [3.8, 4) is 0 Å². The van der Waals surface area contributed by atoms with Crippen molar-refractivity contribution in [2.75, 3.05) is 19.6 Å². The van der Waals surface area contributed by atoms with E-state index in [1.807, 2.05) is 0 Å². The van der Waals surface area contributed by atoms with Crippen LogP contribution < -0.4 is 5.32 Å². The Kier molecular flexibility index (Phi) is 6.35. The van der Waals surface area contributed by atoms with Crippen molar-refractivity contribution in [2.45, 2.75) is 78.3 Å². The Morgan fingerprint density at radius 1 is 1.20 bits per heavy atom. The number of rotatable bonds is 7. The zero-order chi connectivity index (χ0) is 14.5. The van der Waals surface area contributed by atoms with Gasteiger partial charge in [-0.2, -0.15) is 0 Å². The predicted octanol–water partition coefficient (Wildman–Crippen LogP) is 3.91. The molecule has 1 heterocycles. The zero-order valence-corrected chi connectivity index (χ0v) is 14.2. The summed E-state index contributed by atoms with van der Waals surface area (Å²) in [4.78, 5) is 2.82. The largest absolute Gasteiger partial charge is 0.313 e. The van der Waals surface area contributed by atoms with E-state index in [4.69, 9.17) is 0 Å². The van der Waals surface area contributed by atoms with E-state index in [0.717, 1.165) is 29.8 Å². The van der Waals surface area contributed by atoms with Crippen molar-refractivity contribution in [1.82, 2.24) is 10.2 Å². The topological polar surface area (TPSA) is 15.3 Å². The predicted molar refractivity (Wildman–Crippen MR) is 88.0 cm³/mol. The molecule has 0 amide bonds. The second-order valence-electron chi connectivity index (χ2n) is 7.80. The van der Waals surface area contributed by atoms with Crippen LogP contribution in [-0.2, 0) is 0 Å². The first-order chi connectivity index (χ1) is 9.60. The van der Waals surface area contributed by atoms with Crippen LogP contribution in [0.5, 0.6) is 0 Å². The van der Waals surface area contributed by atoms with Crippen molar-refractivity contribution in [3.63, 3.8) is 0 Å². The maximum absolute atomic E-state index is 3.85. The lowest BCUT2D eigenvalue weighted by Gasteiger charge is -2.48. The quantitative estimate of drug-likeness (QED) is 0.760. The van der Waals surface area contributed by atoms with Gasteiger partial charge in [-0.1, -0.05) is 34.1 Å². The van der Waals surface area contributed by atoms with Crippen LogP contribution in [0.4, 0.5) is 0 Å². The molecule has 1 saturated carbocycles. The maximum atomic E-state index is 3.85. The van der Waals surface area contributed by atoms with Crippen molar-refractivity contribution < 1.29 is 0 Å². The Hall–Kier alpha value is -0.0800. The molecule has 1 saturated heterocycles. The summed E-state index contributed by atoms with van der Waals surface area (Å²) in [6, 6.07) is 1.64. The van der Waals surface area contributed by atoms with E-state index in [1.165, 1.54) is 58.2 Å². The van der Waals surface area contributed by atoms with E-state index in [9.17, 15) is 0 Å². The molecule has 0 aromatic carbocycles. The molecule has 0 aromatic heterocycles. The monoisotopic (exact) mass is 280 g/mol. The second-order valence-corrected chi connectivity index (χ2v) is 7.80. The van der Waals surface area contributed by atoms with Crippen molar-refractivity contribution in [3.05, 3.63) is 0 Å². The Bertz CT molecular complexity index is 277. The van der Waals surface area contributed by atoms with Gasteiger partial charge >= 0.3 is 0 Å². The summed E-state index contributed by atoms with van der Waals surface area (Å²) in [5, 5.41) is 3.85. The summed E-state index contributed by atoms with van der Waals surface area (Å²) in [6.45, 7) is 13.3. The number of hydrogen-bond acceptors (Lipinski definition) is 2. The van der Waals surface area contributed by atoms with Gasteiger partial charge in [0.2, 0.25) is 0 Å². The Labute approximate surface area is 126 Å². The number of piperidine rings is 1. The molecule has 0 aromatic rings. The third-order valence-electron chi connectivity index (χ3n) is 5.46. The Morgan fingerprint density at radius 2 is 2.00 bits per heavy atom. The van der Waals surface area contributed by atoms with Gasteiger partial charge in [0, 0.05) is 25.2 Å². The minimum Gasteiger partial charge on any atom is -0.313 e. The molecule has 1 aliphatic heterocycles. The average molecular weight is 281 g/mol. The van der Waals surface area contributed by atoms with Crippen LogP contribution in [0.15, 0.2) is 0 Å². The number of nitrogens with zero attached hydrogens (tertiary/aromatic N) is 1. The van der Waals surface area contributed by atoms with E-state index in [0.29, 0.717) is 0 Å². The van der Waals surface area contributed by atoms with Crippen LogP contribution in [-0.4, -0.2) is 36.6 Å². The highest BCUT2D eigenvalue weighted by molar-refractivity contribution is 4.92. The smallest absolute Gasteiger partial charge is 0.0198 e. The number of likely N-dealkylation sites (tertiary alicyclic amines) is 1. The average Bonchev–Trinajstić information content (AvgIpc) is 2.37. The molecular weight excluding hydrogens is 244 g/mol. The molecular formula is C18H36N2. The first-order valence-corrected chi connectivity index (χ1v) is 9.07. The fourth-order valence-electron chi connectivity index (χ4n) is 4.04. The summed E-state index contributed by atoms with van der Waals surface area (Å²) in [5.74, 6) is 2.69. The molecule has 2 rings (SSSR count). The molecule has 118 valence electrons. The maximum Gasteiger partial charge on any atom is 0.0198 e. The highest BCUT2D eigenvalue weighted by Gasteiger charge is 2.37. The Balaban J connectivity index is 1.83. The highest BCUT2D eigenvalue weighted by Crippen LogP contribution is 2.35. The minimum absolute atomic E-state index is 0.742. The van der Waals surface area contributed by atoms with Gasteiger partial charge in [0.25, 0.3) is 0 Å². The van der Waals surface area contributed by atoms with Gasteiger partial charge in [0.1, 0.15) is 0 Å². The van der Waals surface area contributed by atoms with E-state index in [2.05, 4.69) is 37.9 Å². The third-order valence-corrected chi connectivity index (χ3v) is 5.46. The van der Waals surface area contributed by atoms with Crippen LogP contribution in [0.3, 0.4) is 0 Å². The number of hydrogen-bond donors (Lipinski definition) is 1. The molecule has 0 bridgehead atoms. The molecule has 0 radical (unpaired) electrons. The van der Waals surface area contributed by atoms with Gasteiger partial charge in [-0.15, -0.1) is 0 Å². The van der Waals surface area contributed by atoms with Crippen LogP contribution in [0, 0.1) is 17.8 Å². The lowest BCUT2D eigenvalue weighted by atomic mass is 9.78. The standard InChI is InChI=1S/C18H36N2/c1-5-6-16-11-17(19-10-9-14(2)3)13-20(12-16)18-8-7-15(18)4/h14-19H,5-13H2,1-4H3. The van der Waals surface area contributed by atoms with Crippen molar-refractivity contribution in [2.24, 2.45) is 17.8 Å². The zero-order valence-electron chi connectivity index (χ0n) is 14.2. The molecule has 2 fully saturated rings. The Morgan fingerprint density at radius 3 is 2.55 bits per heavy atom. The number of nitrogens with one attached hydrogen (secondary N) is 1. The molecule has 0 spiro atoms. The summed E-state index contributed by atoms with van der Waals surface area (Å²) in [7, 11) is 0. The van der Waals surface area contributed by atoms with E-state index >= 15 is 0 Å². The molecule has 2 heteroatoms. The summed E-state index contributed by atoms with van der Waals surface area (Å²) < 4.78 is 0. The van der Waals surface area contributed by atoms with Gasteiger partial charge in [0.15, 0.2) is 0 Å². The highest BCUT2D eigenvalue weighted by atomic mass is 15.2. The summed E-state index contributed by atoms with van der Waals surface area (Å²) >= 11 is 0. The van der Waals surface area contributed by atoms with Gasteiger partial charge in [0.05, 0.1) is 0 Å². The van der Waals surface area contributed by atoms with E-state index in [1.54, 1.807) is 0 Å². The second kappa shape index (κ2) is 7.79. The first kappa shape index (κ1) is 16.3. The van der Waals surface area contributed by atoms with Gasteiger partial charge in [-0.25, -0.2) is 0 Å². The fraction of sp³-hybridized carbons (Fsp3) is 1.00. The minimum atomic E-state index is 0.742. The lowest BCUT2D eigenvalue weighted by molar-refractivity contribution is 0.0210. The van der Waals surface area contributed by atoms with Gasteiger partial charge in [-0.05, 0) is 56.4 Å². The molecule has 2 nitrogen and oxygen atoms in total. The molecule has 20 heavy (non-hydrogen) atoms. The third kappa shape index (κ3) is 4.46. The van der Waals surface area contributed by atoms with E-state index in [-0.39, 0.29) is 0 Å². The van der Waals surface area contributed by atoms with Crippen molar-refractivity contribution in [1.29, 1.82) is 0 Å². The summed E-state index contributed by atoms with van der Waals surface area (Å²) in [5.41, 5.74) is 0. The summed E-state index contributed by atoms with van der Waals surface area (Å²) in [6.07, 6.45) is 8.37. The van der Waals surface area contributed by atoms with Crippen LogP contribution in [0.25, 0.3) is 0 Å². The van der Waals surface area contributed by atoms with Gasteiger partial charge < -0.3 is 5.32 Å².